The Kier molecular flexibility index (Phi) is 4.70. The Labute approximate surface area is 140 Å². The SMILES string of the molecule is Nc1ncc(Br)cc1C(=O)c1nc(N2CCCNCC2)cs1. The third kappa shape index (κ3) is 3.29. The Balaban J connectivity index is 1.83. The molecule has 1 aliphatic rings. The van der Waals surface area contributed by atoms with Crippen LogP contribution in [0.25, 0.3) is 0 Å². The van der Waals surface area contributed by atoms with Gasteiger partial charge in [-0.25, -0.2) is 9.97 Å². The van der Waals surface area contributed by atoms with Crippen molar-refractivity contribution in [2.24, 2.45) is 0 Å². The molecule has 3 rings (SSSR count). The minimum atomic E-state index is -0.185. The highest BCUT2D eigenvalue weighted by molar-refractivity contribution is 9.10. The van der Waals surface area contributed by atoms with Gasteiger partial charge in [0.25, 0.3) is 0 Å². The number of nitrogen functional groups attached to an aromatic ring is 1. The molecule has 3 N–H and O–H groups in total. The van der Waals surface area contributed by atoms with Crippen LogP contribution in [0, 0.1) is 0 Å². The van der Waals surface area contributed by atoms with E-state index >= 15 is 0 Å². The quantitative estimate of drug-likeness (QED) is 0.790. The van der Waals surface area contributed by atoms with Gasteiger partial charge in [-0.3, -0.25) is 4.79 Å². The fourth-order valence-electron chi connectivity index (χ4n) is 2.34. The van der Waals surface area contributed by atoms with Crippen molar-refractivity contribution in [2.75, 3.05) is 36.8 Å². The first kappa shape index (κ1) is 15.4. The second kappa shape index (κ2) is 6.72. The first-order valence-electron chi connectivity index (χ1n) is 7.02. The van der Waals surface area contributed by atoms with Crippen molar-refractivity contribution in [3.05, 3.63) is 32.7 Å². The van der Waals surface area contributed by atoms with Crippen molar-refractivity contribution < 1.29 is 4.79 Å². The van der Waals surface area contributed by atoms with E-state index in [2.05, 4.69) is 36.1 Å². The Bertz CT molecular complexity index is 682. The monoisotopic (exact) mass is 381 g/mol. The zero-order chi connectivity index (χ0) is 15.5. The van der Waals surface area contributed by atoms with Crippen molar-refractivity contribution >= 4 is 44.7 Å². The first-order chi connectivity index (χ1) is 10.6. The largest absolute Gasteiger partial charge is 0.383 e. The fraction of sp³-hybridized carbons (Fsp3) is 0.357. The number of ketones is 1. The molecule has 2 aromatic heterocycles. The van der Waals surface area contributed by atoms with Gasteiger partial charge in [-0.15, -0.1) is 11.3 Å². The van der Waals surface area contributed by atoms with Crippen LogP contribution in [0.3, 0.4) is 0 Å². The number of hydrogen-bond donors (Lipinski definition) is 2. The summed E-state index contributed by atoms with van der Waals surface area (Å²) in [7, 11) is 0. The summed E-state index contributed by atoms with van der Waals surface area (Å²) in [5, 5.41) is 5.73. The fourth-order valence-corrected chi connectivity index (χ4v) is 3.45. The summed E-state index contributed by atoms with van der Waals surface area (Å²) in [5.41, 5.74) is 6.19. The summed E-state index contributed by atoms with van der Waals surface area (Å²) in [4.78, 5) is 23.3. The highest BCUT2D eigenvalue weighted by atomic mass is 79.9. The second-order valence-corrected chi connectivity index (χ2v) is 6.79. The van der Waals surface area contributed by atoms with E-state index in [0.717, 1.165) is 42.9 Å². The summed E-state index contributed by atoms with van der Waals surface area (Å²) in [6.07, 6.45) is 2.65. The van der Waals surface area contributed by atoms with Gasteiger partial charge in [0.05, 0.1) is 5.56 Å². The van der Waals surface area contributed by atoms with Crippen LogP contribution in [-0.4, -0.2) is 41.9 Å². The zero-order valence-electron chi connectivity index (χ0n) is 11.9. The Morgan fingerprint density at radius 1 is 1.41 bits per heavy atom. The van der Waals surface area contributed by atoms with Gasteiger partial charge in [-0.05, 0) is 35.0 Å². The van der Waals surface area contributed by atoms with Gasteiger partial charge in [-0.1, -0.05) is 0 Å². The van der Waals surface area contributed by atoms with Crippen molar-refractivity contribution in [1.29, 1.82) is 0 Å². The van der Waals surface area contributed by atoms with Crippen LogP contribution in [0.2, 0.25) is 0 Å². The van der Waals surface area contributed by atoms with Gasteiger partial charge < -0.3 is 16.0 Å². The third-order valence-electron chi connectivity index (χ3n) is 3.48. The number of aromatic nitrogens is 2. The number of pyridine rings is 1. The molecule has 22 heavy (non-hydrogen) atoms. The van der Waals surface area contributed by atoms with E-state index in [0.29, 0.717) is 10.6 Å². The number of thiazole rings is 1. The molecule has 6 nitrogen and oxygen atoms in total. The molecule has 0 atom stereocenters. The van der Waals surface area contributed by atoms with Crippen molar-refractivity contribution in [2.45, 2.75) is 6.42 Å². The Morgan fingerprint density at radius 3 is 3.14 bits per heavy atom. The number of halogens is 1. The summed E-state index contributed by atoms with van der Waals surface area (Å²) in [5.74, 6) is 0.901. The first-order valence-corrected chi connectivity index (χ1v) is 8.69. The average molecular weight is 382 g/mol. The van der Waals surface area contributed by atoms with Crippen molar-refractivity contribution in [1.82, 2.24) is 15.3 Å². The number of anilines is 2. The third-order valence-corrected chi connectivity index (χ3v) is 4.74. The molecule has 1 aliphatic heterocycles. The van der Waals surface area contributed by atoms with E-state index in [9.17, 15) is 4.79 Å². The molecule has 0 amide bonds. The summed E-state index contributed by atoms with van der Waals surface area (Å²) < 4.78 is 0.723. The smallest absolute Gasteiger partial charge is 0.225 e. The van der Waals surface area contributed by atoms with Crippen LogP contribution in [0.1, 0.15) is 21.8 Å². The highest BCUT2D eigenvalue weighted by Crippen LogP contribution is 2.24. The highest BCUT2D eigenvalue weighted by Gasteiger charge is 2.20. The Hall–Kier alpha value is -1.51. The van der Waals surface area contributed by atoms with Crippen LogP contribution in [0.15, 0.2) is 22.1 Å². The number of nitrogens with one attached hydrogen (secondary N) is 1. The predicted octanol–water partition coefficient (Wildman–Crippen LogP) is 1.91. The van der Waals surface area contributed by atoms with Gasteiger partial charge in [0.1, 0.15) is 11.6 Å². The minimum absolute atomic E-state index is 0.185. The van der Waals surface area contributed by atoms with E-state index in [4.69, 9.17) is 5.73 Å². The van der Waals surface area contributed by atoms with Crippen LogP contribution in [-0.2, 0) is 0 Å². The molecular weight excluding hydrogens is 366 g/mol. The molecule has 1 saturated heterocycles. The van der Waals surface area contributed by atoms with Gasteiger partial charge in [0.2, 0.25) is 5.78 Å². The molecule has 0 bridgehead atoms. The molecule has 116 valence electrons. The lowest BCUT2D eigenvalue weighted by molar-refractivity contribution is 0.103. The van der Waals surface area contributed by atoms with Crippen LogP contribution >= 0.6 is 27.3 Å². The van der Waals surface area contributed by atoms with E-state index in [1.165, 1.54) is 11.3 Å². The van der Waals surface area contributed by atoms with E-state index in [1.54, 1.807) is 12.3 Å². The molecule has 1 fully saturated rings. The zero-order valence-corrected chi connectivity index (χ0v) is 14.3. The maximum absolute atomic E-state index is 12.6. The van der Waals surface area contributed by atoms with Gasteiger partial charge in [0.15, 0.2) is 5.01 Å². The molecule has 0 unspecified atom stereocenters. The average Bonchev–Trinajstić information content (AvgIpc) is 2.85. The molecule has 0 spiro atoms. The van der Waals surface area contributed by atoms with Crippen molar-refractivity contribution in [3.8, 4) is 0 Å². The maximum Gasteiger partial charge on any atom is 0.225 e. The molecule has 0 radical (unpaired) electrons. The normalized spacial score (nSPS) is 15.6. The number of nitrogens with zero attached hydrogens (tertiary/aromatic N) is 3. The van der Waals surface area contributed by atoms with Gasteiger partial charge in [0, 0.05) is 35.7 Å². The number of rotatable bonds is 3. The van der Waals surface area contributed by atoms with E-state index in [-0.39, 0.29) is 11.6 Å². The number of carbonyl (C=O) groups is 1. The van der Waals surface area contributed by atoms with Gasteiger partial charge >= 0.3 is 0 Å². The standard InChI is InChI=1S/C14H16BrN5OS/c15-9-6-10(13(16)18-7-9)12(21)14-19-11(8-22-14)20-4-1-2-17-3-5-20/h6-8,17H,1-5H2,(H2,16,18). The number of nitrogens with two attached hydrogens (primary N) is 1. The molecule has 0 aromatic carbocycles. The van der Waals surface area contributed by atoms with Crippen LogP contribution < -0.4 is 16.0 Å². The Morgan fingerprint density at radius 2 is 2.27 bits per heavy atom. The summed E-state index contributed by atoms with van der Waals surface area (Å²) in [6.45, 7) is 3.80. The van der Waals surface area contributed by atoms with Gasteiger partial charge in [-0.2, -0.15) is 0 Å². The lowest BCUT2D eigenvalue weighted by atomic mass is 10.2. The van der Waals surface area contributed by atoms with Crippen LogP contribution in [0.5, 0.6) is 0 Å². The molecule has 3 heterocycles. The summed E-state index contributed by atoms with van der Waals surface area (Å²) in [6, 6.07) is 1.68. The summed E-state index contributed by atoms with van der Waals surface area (Å²) >= 11 is 4.66. The minimum Gasteiger partial charge on any atom is -0.383 e. The molecule has 0 aliphatic carbocycles. The van der Waals surface area contributed by atoms with E-state index < -0.39 is 0 Å². The van der Waals surface area contributed by atoms with Crippen molar-refractivity contribution in [3.63, 3.8) is 0 Å². The topological polar surface area (TPSA) is 84.1 Å². The molecule has 2 aromatic rings. The lowest BCUT2D eigenvalue weighted by Gasteiger charge is -2.18. The number of carbonyl (C=O) groups excluding carboxylic acids is 1. The molecular formula is C14H16BrN5OS. The van der Waals surface area contributed by atoms with E-state index in [1.807, 2.05) is 5.38 Å². The maximum atomic E-state index is 12.6. The molecule has 8 heteroatoms. The lowest BCUT2D eigenvalue weighted by Crippen LogP contribution is -2.28. The predicted molar refractivity (Wildman–Crippen MR) is 91.6 cm³/mol. The number of hydrogen-bond acceptors (Lipinski definition) is 7. The van der Waals surface area contributed by atoms with Crippen LogP contribution in [0.4, 0.5) is 11.6 Å². The molecule has 0 saturated carbocycles. The second-order valence-electron chi connectivity index (χ2n) is 5.02.